The fourth-order valence-electron chi connectivity index (χ4n) is 1.21. The molecule has 1 atom stereocenters. The lowest BCUT2D eigenvalue weighted by Crippen LogP contribution is -2.33. The summed E-state index contributed by atoms with van der Waals surface area (Å²) in [6, 6.07) is 3.43. The number of urea groups is 1. The summed E-state index contributed by atoms with van der Waals surface area (Å²) in [6.45, 7) is 2.48. The first kappa shape index (κ1) is 15.6. The van der Waals surface area contributed by atoms with Crippen LogP contribution in [-0.2, 0) is 0 Å². The van der Waals surface area contributed by atoms with E-state index in [0.29, 0.717) is 6.54 Å². The first-order valence-corrected chi connectivity index (χ1v) is 7.12. The van der Waals surface area contributed by atoms with Gasteiger partial charge in [-0.3, -0.25) is 10.1 Å². The average Bonchev–Trinajstić information content (AvgIpc) is 2.38. The summed E-state index contributed by atoms with van der Waals surface area (Å²) in [7, 11) is 0. The molecular weight excluding hydrogens is 290 g/mol. The summed E-state index contributed by atoms with van der Waals surface area (Å²) in [4.78, 5) is 21.7. The highest BCUT2D eigenvalue weighted by atomic mass is 35.5. The zero-order valence-electron chi connectivity index (χ0n) is 10.5. The van der Waals surface area contributed by atoms with Gasteiger partial charge in [-0.1, -0.05) is 18.5 Å². The van der Waals surface area contributed by atoms with Crippen LogP contribution in [0.15, 0.2) is 18.2 Å². The van der Waals surface area contributed by atoms with E-state index in [1.807, 2.05) is 13.2 Å². The highest BCUT2D eigenvalue weighted by Crippen LogP contribution is 2.26. The van der Waals surface area contributed by atoms with E-state index in [2.05, 4.69) is 10.6 Å². The number of hydrogen-bond donors (Lipinski definition) is 2. The third kappa shape index (κ3) is 4.96. The van der Waals surface area contributed by atoms with Gasteiger partial charge in [-0.05, 0) is 12.3 Å². The number of non-ortho nitro benzene ring substituents is 1. The summed E-state index contributed by atoms with van der Waals surface area (Å²) in [5.41, 5.74) is 0.0855. The van der Waals surface area contributed by atoms with Gasteiger partial charge in [0.05, 0.1) is 15.6 Å². The van der Waals surface area contributed by atoms with E-state index in [4.69, 9.17) is 11.6 Å². The Balaban J connectivity index is 2.68. The Labute approximate surface area is 120 Å². The van der Waals surface area contributed by atoms with Crippen LogP contribution in [0.5, 0.6) is 0 Å². The van der Waals surface area contributed by atoms with Crippen molar-refractivity contribution in [1.29, 1.82) is 0 Å². The van der Waals surface area contributed by atoms with Crippen LogP contribution in [0.4, 0.5) is 16.2 Å². The van der Waals surface area contributed by atoms with Gasteiger partial charge in [0, 0.05) is 23.9 Å². The molecule has 19 heavy (non-hydrogen) atoms. The van der Waals surface area contributed by atoms with Crippen molar-refractivity contribution in [3.05, 3.63) is 33.3 Å². The average molecular weight is 304 g/mol. The van der Waals surface area contributed by atoms with Crippen molar-refractivity contribution < 1.29 is 9.72 Å². The van der Waals surface area contributed by atoms with Crippen molar-refractivity contribution in [2.24, 2.45) is 0 Å². The molecule has 0 heterocycles. The van der Waals surface area contributed by atoms with Crippen molar-refractivity contribution in [3.63, 3.8) is 0 Å². The second-order valence-electron chi connectivity index (χ2n) is 3.80. The maximum absolute atomic E-state index is 11.6. The maximum atomic E-state index is 11.6. The Morgan fingerprint density at radius 1 is 1.58 bits per heavy atom. The number of nitro benzene ring substituents is 1. The number of amides is 2. The lowest BCUT2D eigenvalue weighted by atomic mass is 10.3. The van der Waals surface area contributed by atoms with Crippen LogP contribution in [0.2, 0.25) is 5.02 Å². The van der Waals surface area contributed by atoms with Crippen molar-refractivity contribution >= 4 is 40.8 Å². The van der Waals surface area contributed by atoms with E-state index in [0.717, 1.165) is 0 Å². The molecule has 0 unspecified atom stereocenters. The number of nitrogens with one attached hydrogen (secondary N) is 2. The van der Waals surface area contributed by atoms with Crippen molar-refractivity contribution in [3.8, 4) is 0 Å². The number of rotatable bonds is 5. The first-order chi connectivity index (χ1) is 8.93. The van der Waals surface area contributed by atoms with Crippen LogP contribution in [0, 0.1) is 10.1 Å². The van der Waals surface area contributed by atoms with Gasteiger partial charge in [-0.15, -0.1) is 0 Å². The zero-order valence-corrected chi connectivity index (χ0v) is 12.0. The molecule has 2 N–H and O–H groups in total. The molecule has 8 heteroatoms. The normalized spacial score (nSPS) is 11.7. The van der Waals surface area contributed by atoms with Gasteiger partial charge in [-0.2, -0.15) is 11.8 Å². The number of nitrogens with zero attached hydrogens (tertiary/aromatic N) is 1. The van der Waals surface area contributed by atoms with Crippen LogP contribution in [0.1, 0.15) is 6.92 Å². The summed E-state index contributed by atoms with van der Waals surface area (Å²) in [5, 5.41) is 16.3. The van der Waals surface area contributed by atoms with Crippen LogP contribution >= 0.6 is 23.4 Å². The molecule has 1 aromatic carbocycles. The molecule has 0 spiro atoms. The molecule has 0 aliphatic rings. The number of halogens is 1. The topological polar surface area (TPSA) is 84.3 Å². The van der Waals surface area contributed by atoms with Crippen LogP contribution in [-0.4, -0.2) is 29.0 Å². The molecule has 1 aromatic rings. The zero-order chi connectivity index (χ0) is 14.4. The minimum Gasteiger partial charge on any atom is -0.337 e. The molecule has 0 radical (unpaired) electrons. The number of benzene rings is 1. The summed E-state index contributed by atoms with van der Waals surface area (Å²) >= 11 is 7.49. The second-order valence-corrected chi connectivity index (χ2v) is 5.49. The van der Waals surface area contributed by atoms with Gasteiger partial charge in [0.25, 0.3) is 5.69 Å². The molecule has 0 fully saturated rings. The van der Waals surface area contributed by atoms with Crippen LogP contribution < -0.4 is 10.6 Å². The number of carbonyl (C=O) groups is 1. The lowest BCUT2D eigenvalue weighted by Gasteiger charge is -2.11. The number of thioether (sulfide) groups is 1. The largest absolute Gasteiger partial charge is 0.337 e. The molecule has 0 bridgehead atoms. The molecule has 6 nitrogen and oxygen atoms in total. The fraction of sp³-hybridized carbons (Fsp3) is 0.364. The third-order valence-electron chi connectivity index (χ3n) is 2.36. The number of nitro groups is 1. The molecule has 2 amide bonds. The summed E-state index contributed by atoms with van der Waals surface area (Å²) in [6.07, 6.45) is 1.95. The quantitative estimate of drug-likeness (QED) is 0.646. The van der Waals surface area contributed by atoms with Crippen molar-refractivity contribution in [2.75, 3.05) is 18.1 Å². The van der Waals surface area contributed by atoms with Crippen molar-refractivity contribution in [2.45, 2.75) is 12.2 Å². The number of hydrogen-bond acceptors (Lipinski definition) is 4. The summed E-state index contributed by atoms with van der Waals surface area (Å²) in [5.74, 6) is 0. The third-order valence-corrected chi connectivity index (χ3v) is 3.66. The van der Waals surface area contributed by atoms with Gasteiger partial charge in [-0.25, -0.2) is 4.79 Å². The molecule has 0 saturated heterocycles. The minimum absolute atomic E-state index is 0.128. The fourth-order valence-corrected chi connectivity index (χ4v) is 1.62. The molecule has 104 valence electrons. The Morgan fingerprint density at radius 3 is 2.84 bits per heavy atom. The van der Waals surface area contributed by atoms with Crippen molar-refractivity contribution in [1.82, 2.24) is 5.32 Å². The van der Waals surface area contributed by atoms with E-state index < -0.39 is 11.0 Å². The molecule has 0 aliphatic carbocycles. The smallest absolute Gasteiger partial charge is 0.319 e. The predicted octanol–water partition coefficient (Wildman–Crippen LogP) is 3.12. The van der Waals surface area contributed by atoms with E-state index in [9.17, 15) is 14.9 Å². The molecule has 0 aliphatic heterocycles. The van der Waals surface area contributed by atoms with E-state index in [1.54, 1.807) is 11.8 Å². The van der Waals surface area contributed by atoms with Gasteiger partial charge in [0.1, 0.15) is 0 Å². The molecular formula is C11H14ClN3O3S. The minimum atomic E-state index is -0.546. The second kappa shape index (κ2) is 7.20. The highest BCUT2D eigenvalue weighted by Gasteiger charge is 2.12. The van der Waals surface area contributed by atoms with E-state index >= 15 is 0 Å². The van der Waals surface area contributed by atoms with E-state index in [1.165, 1.54) is 18.2 Å². The molecule has 0 saturated carbocycles. The van der Waals surface area contributed by atoms with Crippen LogP contribution in [0.25, 0.3) is 0 Å². The lowest BCUT2D eigenvalue weighted by molar-refractivity contribution is -0.384. The van der Waals surface area contributed by atoms with Gasteiger partial charge < -0.3 is 10.6 Å². The molecule has 0 aromatic heterocycles. The predicted molar refractivity (Wildman–Crippen MR) is 78.1 cm³/mol. The Morgan fingerprint density at radius 2 is 2.26 bits per heavy atom. The highest BCUT2D eigenvalue weighted by molar-refractivity contribution is 7.99. The van der Waals surface area contributed by atoms with E-state index in [-0.39, 0.29) is 21.6 Å². The SMILES string of the molecule is CS[C@@H](C)CNC(=O)Nc1cc([N+](=O)[O-])ccc1Cl. The Hall–Kier alpha value is -1.47. The number of carbonyl (C=O) groups excluding carboxylic acids is 1. The Bertz CT molecular complexity index is 484. The first-order valence-electron chi connectivity index (χ1n) is 5.45. The number of anilines is 1. The van der Waals surface area contributed by atoms with Gasteiger partial charge >= 0.3 is 6.03 Å². The van der Waals surface area contributed by atoms with Gasteiger partial charge in [0.2, 0.25) is 0 Å². The monoisotopic (exact) mass is 303 g/mol. The van der Waals surface area contributed by atoms with Crippen LogP contribution in [0.3, 0.4) is 0 Å². The Kier molecular flexibility index (Phi) is 5.91. The summed E-state index contributed by atoms with van der Waals surface area (Å²) < 4.78 is 0. The maximum Gasteiger partial charge on any atom is 0.319 e. The van der Waals surface area contributed by atoms with Gasteiger partial charge in [0.15, 0.2) is 0 Å². The molecule has 1 rings (SSSR count). The standard InChI is InChI=1S/C11H14ClN3O3S/c1-7(19-2)6-13-11(16)14-10-5-8(15(17)18)3-4-9(10)12/h3-5,7H,6H2,1-2H3,(H2,13,14,16)/t7-/m0/s1.